The Labute approximate surface area is 154 Å². The summed E-state index contributed by atoms with van der Waals surface area (Å²) >= 11 is 12.2. The zero-order chi connectivity index (χ0) is 18.0. The quantitative estimate of drug-likeness (QED) is 0.806. The summed E-state index contributed by atoms with van der Waals surface area (Å²) < 4.78 is 5.09. The second-order valence-corrected chi connectivity index (χ2v) is 6.13. The molecule has 0 saturated carbocycles. The van der Waals surface area contributed by atoms with Gasteiger partial charge in [0, 0.05) is 5.69 Å². The van der Waals surface area contributed by atoms with E-state index in [4.69, 9.17) is 27.9 Å². The number of nitrogens with one attached hydrogen (secondary N) is 1. The van der Waals surface area contributed by atoms with Crippen LogP contribution in [0.15, 0.2) is 59.3 Å². The van der Waals surface area contributed by atoms with Crippen LogP contribution in [0.3, 0.4) is 0 Å². The van der Waals surface area contributed by atoms with Gasteiger partial charge in [0.2, 0.25) is 0 Å². The van der Waals surface area contributed by atoms with Crippen molar-refractivity contribution in [2.75, 3.05) is 12.4 Å². The average Bonchev–Trinajstić information content (AvgIpc) is 2.81. The van der Waals surface area contributed by atoms with Gasteiger partial charge in [-0.2, -0.15) is 0 Å². The summed E-state index contributed by atoms with van der Waals surface area (Å²) in [4.78, 5) is 26.0. The summed E-state index contributed by atoms with van der Waals surface area (Å²) in [7, 11) is 1.51. The molecule has 2 aromatic rings. The maximum Gasteiger partial charge on any atom is 0.279 e. The van der Waals surface area contributed by atoms with Crippen molar-refractivity contribution >= 4 is 40.7 Å². The number of carbonyl (C=O) groups is 2. The lowest BCUT2D eigenvalue weighted by Gasteiger charge is -2.15. The Kier molecular flexibility index (Phi) is 4.97. The second kappa shape index (κ2) is 7.17. The number of methoxy groups -OCH3 is 1. The zero-order valence-electron chi connectivity index (χ0n) is 13.3. The highest BCUT2D eigenvalue weighted by Crippen LogP contribution is 2.31. The Morgan fingerprint density at radius 2 is 1.76 bits per heavy atom. The van der Waals surface area contributed by atoms with Crippen LogP contribution in [0.5, 0.6) is 5.75 Å². The van der Waals surface area contributed by atoms with E-state index in [0.717, 1.165) is 10.5 Å². The highest BCUT2D eigenvalue weighted by Gasteiger charge is 2.37. The van der Waals surface area contributed by atoms with Gasteiger partial charge in [-0.15, -0.1) is 0 Å². The number of hydrogen-bond acceptors (Lipinski definition) is 4. The molecule has 25 heavy (non-hydrogen) atoms. The van der Waals surface area contributed by atoms with E-state index in [-0.39, 0.29) is 17.3 Å². The molecule has 0 bridgehead atoms. The van der Waals surface area contributed by atoms with Crippen molar-refractivity contribution < 1.29 is 14.3 Å². The van der Waals surface area contributed by atoms with Crippen molar-refractivity contribution in [1.29, 1.82) is 0 Å². The lowest BCUT2D eigenvalue weighted by molar-refractivity contribution is -0.138. The van der Waals surface area contributed by atoms with Gasteiger partial charge in [-0.25, -0.2) is 0 Å². The summed E-state index contributed by atoms with van der Waals surface area (Å²) in [5.41, 5.74) is 1.40. The van der Waals surface area contributed by atoms with Crippen molar-refractivity contribution in [2.45, 2.75) is 6.54 Å². The topological polar surface area (TPSA) is 58.6 Å². The molecule has 0 fully saturated rings. The minimum Gasteiger partial charge on any atom is -0.495 e. The van der Waals surface area contributed by atoms with E-state index in [2.05, 4.69) is 5.32 Å². The van der Waals surface area contributed by atoms with Crippen LogP contribution in [0, 0.1) is 0 Å². The first-order chi connectivity index (χ1) is 12.0. The fourth-order valence-corrected chi connectivity index (χ4v) is 2.94. The number of nitrogens with zero attached hydrogens (tertiary/aromatic N) is 1. The summed E-state index contributed by atoms with van der Waals surface area (Å²) in [5, 5.41) is 3.11. The molecule has 5 nitrogen and oxygen atoms in total. The first-order valence-electron chi connectivity index (χ1n) is 7.41. The standard InChI is InChI=1S/C18H14Cl2N2O3/c1-25-14-8-7-12(9-13(14)19)21-16-15(20)17(23)22(18(16)24)10-11-5-3-2-4-6-11/h2-9,21H,10H2,1H3. The molecule has 1 heterocycles. The van der Waals surface area contributed by atoms with E-state index in [1.54, 1.807) is 18.2 Å². The number of rotatable bonds is 5. The largest absolute Gasteiger partial charge is 0.495 e. The summed E-state index contributed by atoms with van der Waals surface area (Å²) in [6, 6.07) is 14.1. The van der Waals surface area contributed by atoms with E-state index in [1.807, 2.05) is 30.3 Å². The number of benzene rings is 2. The molecular weight excluding hydrogens is 363 g/mol. The molecule has 1 aliphatic rings. The highest BCUT2D eigenvalue weighted by molar-refractivity contribution is 6.48. The first kappa shape index (κ1) is 17.3. The minimum absolute atomic E-state index is 0.0313. The predicted molar refractivity (Wildman–Crippen MR) is 96.5 cm³/mol. The lowest BCUT2D eigenvalue weighted by Crippen LogP contribution is -2.31. The summed E-state index contributed by atoms with van der Waals surface area (Å²) in [6.07, 6.45) is 0. The third-order valence-electron chi connectivity index (χ3n) is 3.72. The molecule has 2 aromatic carbocycles. The van der Waals surface area contributed by atoms with Gasteiger partial charge in [-0.3, -0.25) is 14.5 Å². The third kappa shape index (κ3) is 3.48. The van der Waals surface area contributed by atoms with Gasteiger partial charge in [-0.05, 0) is 23.8 Å². The molecule has 1 aliphatic heterocycles. The Bertz CT molecular complexity index is 866. The lowest BCUT2D eigenvalue weighted by atomic mass is 10.2. The molecular formula is C18H14Cl2N2O3. The fourth-order valence-electron chi connectivity index (χ4n) is 2.45. The van der Waals surface area contributed by atoms with E-state index >= 15 is 0 Å². The normalized spacial score (nSPS) is 14.3. The highest BCUT2D eigenvalue weighted by atomic mass is 35.5. The molecule has 0 aromatic heterocycles. The van der Waals surface area contributed by atoms with Crippen molar-refractivity contribution in [3.63, 3.8) is 0 Å². The smallest absolute Gasteiger partial charge is 0.279 e. The Hall–Kier alpha value is -2.50. The van der Waals surface area contributed by atoms with E-state index in [9.17, 15) is 9.59 Å². The molecule has 7 heteroatoms. The molecule has 0 atom stereocenters. The van der Waals surface area contributed by atoms with Crippen molar-refractivity contribution in [2.24, 2.45) is 0 Å². The van der Waals surface area contributed by atoms with Gasteiger partial charge >= 0.3 is 0 Å². The SMILES string of the molecule is COc1ccc(NC2=C(Cl)C(=O)N(Cc3ccccc3)C2=O)cc1Cl. The first-order valence-corrected chi connectivity index (χ1v) is 8.17. The summed E-state index contributed by atoms with van der Waals surface area (Å²) in [6.45, 7) is 0.156. The number of carbonyl (C=O) groups excluding carboxylic acids is 2. The van der Waals surface area contributed by atoms with Crippen LogP contribution in [0.4, 0.5) is 5.69 Å². The zero-order valence-corrected chi connectivity index (χ0v) is 14.8. The number of halogens is 2. The number of amides is 2. The van der Waals surface area contributed by atoms with Gasteiger partial charge < -0.3 is 10.1 Å². The third-order valence-corrected chi connectivity index (χ3v) is 4.36. The molecule has 0 aliphatic carbocycles. The maximum atomic E-state index is 12.6. The Morgan fingerprint density at radius 1 is 1.04 bits per heavy atom. The minimum atomic E-state index is -0.530. The van der Waals surface area contributed by atoms with Crippen molar-refractivity contribution in [3.8, 4) is 5.75 Å². The molecule has 3 rings (SSSR count). The summed E-state index contributed by atoms with van der Waals surface area (Å²) in [5.74, 6) is -0.504. The molecule has 2 amide bonds. The van der Waals surface area contributed by atoms with Gasteiger partial charge in [0.25, 0.3) is 11.8 Å². The van der Waals surface area contributed by atoms with Crippen molar-refractivity contribution in [1.82, 2.24) is 4.90 Å². The predicted octanol–water partition coefficient (Wildman–Crippen LogP) is 3.78. The van der Waals surface area contributed by atoms with Crippen LogP contribution < -0.4 is 10.1 Å². The van der Waals surface area contributed by atoms with E-state index in [0.29, 0.717) is 16.5 Å². The molecule has 0 unspecified atom stereocenters. The van der Waals surface area contributed by atoms with E-state index in [1.165, 1.54) is 7.11 Å². The van der Waals surface area contributed by atoms with Gasteiger partial charge in [0.15, 0.2) is 0 Å². The molecule has 0 radical (unpaired) electrons. The van der Waals surface area contributed by atoms with Gasteiger partial charge in [-0.1, -0.05) is 53.5 Å². The molecule has 0 spiro atoms. The van der Waals surface area contributed by atoms with Crippen LogP contribution in [0.1, 0.15) is 5.56 Å². The Morgan fingerprint density at radius 3 is 2.40 bits per heavy atom. The number of imide groups is 1. The molecule has 1 N–H and O–H groups in total. The maximum absolute atomic E-state index is 12.6. The van der Waals surface area contributed by atoms with Crippen LogP contribution >= 0.6 is 23.2 Å². The van der Waals surface area contributed by atoms with Gasteiger partial charge in [0.05, 0.1) is 18.7 Å². The van der Waals surface area contributed by atoms with Crippen LogP contribution in [0.25, 0.3) is 0 Å². The van der Waals surface area contributed by atoms with Gasteiger partial charge in [0.1, 0.15) is 16.5 Å². The molecule has 128 valence electrons. The second-order valence-electron chi connectivity index (χ2n) is 5.35. The number of anilines is 1. The number of hydrogen-bond donors (Lipinski definition) is 1. The van der Waals surface area contributed by atoms with Crippen LogP contribution in [-0.4, -0.2) is 23.8 Å². The van der Waals surface area contributed by atoms with Crippen LogP contribution in [-0.2, 0) is 16.1 Å². The average molecular weight is 377 g/mol. The monoisotopic (exact) mass is 376 g/mol. The van der Waals surface area contributed by atoms with E-state index < -0.39 is 11.8 Å². The van der Waals surface area contributed by atoms with Crippen LogP contribution in [0.2, 0.25) is 5.02 Å². The molecule has 0 saturated heterocycles. The number of ether oxygens (including phenoxy) is 1. The van der Waals surface area contributed by atoms with Crippen molar-refractivity contribution in [3.05, 3.63) is 69.8 Å². The fraction of sp³-hybridized carbons (Fsp3) is 0.111. The Balaban J connectivity index is 1.81.